The first-order valence-corrected chi connectivity index (χ1v) is 8.01. The largest absolute Gasteiger partial charge is 0.351 e. The Hall–Kier alpha value is 0.0700. The smallest absolute Gasteiger partial charge is 0.237 e. The lowest BCUT2D eigenvalue weighted by molar-refractivity contribution is -0.124. The Morgan fingerprint density at radius 2 is 2.11 bits per heavy atom. The first kappa shape index (κ1) is 16.1. The Morgan fingerprint density at radius 1 is 1.28 bits per heavy atom. The van der Waals surface area contributed by atoms with Crippen LogP contribution in [0.3, 0.4) is 0 Å². The molecule has 2 unspecified atom stereocenters. The van der Waals surface area contributed by atoms with Crippen LogP contribution in [0.2, 0.25) is 0 Å². The molecule has 0 spiro atoms. The monoisotopic (exact) mass is 292 g/mol. The highest BCUT2D eigenvalue weighted by Gasteiger charge is 2.30. The molecule has 106 valence electrons. The fourth-order valence-corrected chi connectivity index (χ4v) is 4.06. The second-order valence-electron chi connectivity index (χ2n) is 5.04. The van der Waals surface area contributed by atoms with Gasteiger partial charge in [0.2, 0.25) is 5.91 Å². The topological polar surface area (TPSA) is 41.1 Å². The highest BCUT2D eigenvalue weighted by atomic mass is 35.5. The molecule has 0 bridgehead atoms. The number of hydrogen-bond acceptors (Lipinski definition) is 3. The van der Waals surface area contributed by atoms with Crippen LogP contribution in [0.4, 0.5) is 0 Å². The molecule has 3 atom stereocenters. The molecule has 1 aliphatic heterocycles. The number of rotatable bonds is 4. The summed E-state index contributed by atoms with van der Waals surface area (Å²) < 4.78 is 0. The average Bonchev–Trinajstić information content (AvgIpc) is 2.78. The maximum Gasteiger partial charge on any atom is 0.237 e. The second kappa shape index (κ2) is 8.28. The summed E-state index contributed by atoms with van der Waals surface area (Å²) in [5.41, 5.74) is 0. The zero-order chi connectivity index (χ0) is 12.1. The van der Waals surface area contributed by atoms with E-state index >= 15 is 0 Å². The van der Waals surface area contributed by atoms with Crippen LogP contribution in [0.25, 0.3) is 0 Å². The standard InChI is InChI=1S/C13H24N2OS.ClH/c1-2-17-12-8-5-7-10(12)15-13(16)11-6-3-4-9-14-11;/h10-12,14H,2-9H2,1H3,(H,15,16);1H/t10?,11-,12?;/m1./s1. The number of nitrogens with one attached hydrogen (secondary N) is 2. The summed E-state index contributed by atoms with van der Waals surface area (Å²) in [5.74, 6) is 1.39. The molecule has 2 fully saturated rings. The summed E-state index contributed by atoms with van der Waals surface area (Å²) >= 11 is 2.00. The van der Waals surface area contributed by atoms with Gasteiger partial charge in [0.1, 0.15) is 0 Å². The van der Waals surface area contributed by atoms with E-state index in [1.165, 1.54) is 25.7 Å². The Balaban J connectivity index is 0.00000162. The SMILES string of the molecule is CCSC1CCCC1NC(=O)[C@H]1CCCCN1.Cl. The quantitative estimate of drug-likeness (QED) is 0.836. The van der Waals surface area contributed by atoms with Crippen molar-refractivity contribution in [2.75, 3.05) is 12.3 Å². The molecule has 2 rings (SSSR count). The minimum atomic E-state index is 0. The van der Waals surface area contributed by atoms with Crippen molar-refractivity contribution in [3.05, 3.63) is 0 Å². The molecule has 1 saturated carbocycles. The molecule has 0 radical (unpaired) electrons. The summed E-state index contributed by atoms with van der Waals surface area (Å²) in [7, 11) is 0. The Bertz CT molecular complexity index is 259. The van der Waals surface area contributed by atoms with Gasteiger partial charge in [0.15, 0.2) is 0 Å². The lowest BCUT2D eigenvalue weighted by Crippen LogP contribution is -2.50. The first-order valence-electron chi connectivity index (χ1n) is 6.96. The van der Waals surface area contributed by atoms with Crippen LogP contribution in [0, 0.1) is 0 Å². The van der Waals surface area contributed by atoms with Crippen LogP contribution in [0.1, 0.15) is 45.4 Å². The van der Waals surface area contributed by atoms with E-state index in [0.717, 1.165) is 25.1 Å². The molecule has 2 N–H and O–H groups in total. The van der Waals surface area contributed by atoms with Gasteiger partial charge < -0.3 is 10.6 Å². The zero-order valence-corrected chi connectivity index (χ0v) is 12.7. The van der Waals surface area contributed by atoms with Gasteiger partial charge in [-0.3, -0.25) is 4.79 Å². The van der Waals surface area contributed by atoms with E-state index in [4.69, 9.17) is 0 Å². The van der Waals surface area contributed by atoms with E-state index in [1.54, 1.807) is 0 Å². The van der Waals surface area contributed by atoms with Crippen LogP contribution in [-0.4, -0.2) is 35.5 Å². The van der Waals surface area contributed by atoms with Gasteiger partial charge in [-0.25, -0.2) is 0 Å². The summed E-state index contributed by atoms with van der Waals surface area (Å²) in [4.78, 5) is 12.1. The lowest BCUT2D eigenvalue weighted by Gasteiger charge is -2.26. The molecule has 1 amide bonds. The van der Waals surface area contributed by atoms with Crippen molar-refractivity contribution in [1.82, 2.24) is 10.6 Å². The highest BCUT2D eigenvalue weighted by Crippen LogP contribution is 2.30. The molecule has 18 heavy (non-hydrogen) atoms. The van der Waals surface area contributed by atoms with Crippen molar-refractivity contribution in [2.45, 2.75) is 62.8 Å². The van der Waals surface area contributed by atoms with E-state index in [0.29, 0.717) is 11.3 Å². The van der Waals surface area contributed by atoms with Gasteiger partial charge in [-0.15, -0.1) is 12.4 Å². The Morgan fingerprint density at radius 3 is 2.78 bits per heavy atom. The summed E-state index contributed by atoms with van der Waals surface area (Å²) in [6.07, 6.45) is 7.09. The van der Waals surface area contributed by atoms with Crippen LogP contribution >= 0.6 is 24.2 Å². The van der Waals surface area contributed by atoms with Crippen LogP contribution in [0.15, 0.2) is 0 Å². The fourth-order valence-electron chi connectivity index (χ4n) is 2.86. The van der Waals surface area contributed by atoms with Gasteiger partial charge >= 0.3 is 0 Å². The molecular weight excluding hydrogens is 268 g/mol. The molecular formula is C13H25ClN2OS. The maximum atomic E-state index is 12.1. The lowest BCUT2D eigenvalue weighted by atomic mass is 10.0. The number of halogens is 1. The van der Waals surface area contributed by atoms with Crippen LogP contribution in [0.5, 0.6) is 0 Å². The third-order valence-corrected chi connectivity index (χ3v) is 5.11. The van der Waals surface area contributed by atoms with E-state index in [1.807, 2.05) is 11.8 Å². The van der Waals surface area contributed by atoms with Crippen molar-refractivity contribution < 1.29 is 4.79 Å². The molecule has 0 aromatic heterocycles. The summed E-state index contributed by atoms with van der Waals surface area (Å²) in [6.45, 7) is 3.19. The normalized spacial score (nSPS) is 31.7. The van der Waals surface area contributed by atoms with Crippen LogP contribution in [-0.2, 0) is 4.79 Å². The number of amides is 1. The molecule has 3 nitrogen and oxygen atoms in total. The molecule has 2 aliphatic rings. The summed E-state index contributed by atoms with van der Waals surface area (Å²) in [5, 5.41) is 7.23. The van der Waals surface area contributed by atoms with Gasteiger partial charge in [0.25, 0.3) is 0 Å². The maximum absolute atomic E-state index is 12.1. The van der Waals surface area contributed by atoms with Gasteiger partial charge in [0, 0.05) is 11.3 Å². The van der Waals surface area contributed by atoms with Crippen molar-refractivity contribution in [2.24, 2.45) is 0 Å². The number of thioether (sulfide) groups is 1. The Kier molecular flexibility index (Phi) is 7.42. The fraction of sp³-hybridized carbons (Fsp3) is 0.923. The van der Waals surface area contributed by atoms with E-state index in [2.05, 4.69) is 17.6 Å². The van der Waals surface area contributed by atoms with Crippen LogP contribution < -0.4 is 10.6 Å². The van der Waals surface area contributed by atoms with Gasteiger partial charge in [-0.2, -0.15) is 11.8 Å². The first-order chi connectivity index (χ1) is 8.31. The molecule has 0 aromatic carbocycles. The highest BCUT2D eigenvalue weighted by molar-refractivity contribution is 7.99. The van der Waals surface area contributed by atoms with Crippen molar-refractivity contribution >= 4 is 30.1 Å². The molecule has 5 heteroatoms. The van der Waals surface area contributed by atoms with Crippen molar-refractivity contribution in [1.29, 1.82) is 0 Å². The predicted octanol–water partition coefficient (Wildman–Crippen LogP) is 2.34. The number of carbonyl (C=O) groups is 1. The van der Waals surface area contributed by atoms with E-state index < -0.39 is 0 Å². The average molecular weight is 293 g/mol. The zero-order valence-electron chi connectivity index (χ0n) is 11.1. The van der Waals surface area contributed by atoms with E-state index in [-0.39, 0.29) is 24.4 Å². The Labute approximate surface area is 121 Å². The van der Waals surface area contributed by atoms with Crippen molar-refractivity contribution in [3.63, 3.8) is 0 Å². The number of hydrogen-bond donors (Lipinski definition) is 2. The second-order valence-corrected chi connectivity index (χ2v) is 6.56. The molecule has 0 aromatic rings. The van der Waals surface area contributed by atoms with Gasteiger partial charge in [-0.05, 0) is 38.0 Å². The summed E-state index contributed by atoms with van der Waals surface area (Å²) in [6, 6.07) is 0.479. The molecule has 1 aliphatic carbocycles. The van der Waals surface area contributed by atoms with E-state index in [9.17, 15) is 4.79 Å². The number of carbonyl (C=O) groups excluding carboxylic acids is 1. The van der Waals surface area contributed by atoms with Gasteiger partial charge in [0.05, 0.1) is 6.04 Å². The third-order valence-electron chi connectivity index (χ3n) is 3.79. The predicted molar refractivity (Wildman–Crippen MR) is 80.6 cm³/mol. The third kappa shape index (κ3) is 4.32. The minimum Gasteiger partial charge on any atom is -0.351 e. The van der Waals surface area contributed by atoms with Gasteiger partial charge in [-0.1, -0.05) is 19.8 Å². The molecule has 1 saturated heterocycles. The number of piperidine rings is 1. The van der Waals surface area contributed by atoms with Crippen molar-refractivity contribution in [3.8, 4) is 0 Å². The molecule has 1 heterocycles. The minimum absolute atomic E-state index is 0.